The minimum absolute atomic E-state index is 0.0903. The molecule has 19 heavy (non-hydrogen) atoms. The Bertz CT molecular complexity index is 493. The molecular weight excluding hydrogens is 251 g/mol. The molecule has 1 aliphatic heterocycles. The summed E-state index contributed by atoms with van der Waals surface area (Å²) in [6.45, 7) is 0.109. The van der Waals surface area contributed by atoms with Gasteiger partial charge in [0.1, 0.15) is 12.4 Å². The van der Waals surface area contributed by atoms with E-state index in [0.29, 0.717) is 18.7 Å². The lowest BCUT2D eigenvalue weighted by molar-refractivity contribution is -0.128. The molecule has 1 heterocycles. The predicted octanol–water partition coefficient (Wildman–Crippen LogP) is 0.0351. The highest BCUT2D eigenvalue weighted by molar-refractivity contribution is 5.82. The van der Waals surface area contributed by atoms with Gasteiger partial charge in [0.15, 0.2) is 0 Å². The molecule has 1 fully saturated rings. The Morgan fingerprint density at radius 2 is 2.32 bits per heavy atom. The highest BCUT2D eigenvalue weighted by Crippen LogP contribution is 2.15. The van der Waals surface area contributed by atoms with E-state index in [1.165, 1.54) is 12.1 Å². The molecule has 1 atom stereocenters. The Morgan fingerprint density at radius 1 is 1.53 bits per heavy atom. The van der Waals surface area contributed by atoms with Gasteiger partial charge in [-0.25, -0.2) is 4.39 Å². The number of carbonyl (C=O) groups is 2. The van der Waals surface area contributed by atoms with E-state index < -0.39 is 12.5 Å². The number of benzene rings is 1. The molecule has 0 bridgehead atoms. The Hall–Kier alpha value is -1.95. The van der Waals surface area contributed by atoms with Crippen LogP contribution in [0.15, 0.2) is 24.3 Å². The molecule has 0 unspecified atom stereocenters. The van der Waals surface area contributed by atoms with Crippen LogP contribution in [0.25, 0.3) is 0 Å². The molecule has 2 N–H and O–H groups in total. The fourth-order valence-corrected chi connectivity index (χ4v) is 2.15. The van der Waals surface area contributed by atoms with E-state index in [0.717, 1.165) is 0 Å². The van der Waals surface area contributed by atoms with Crippen molar-refractivity contribution in [1.29, 1.82) is 0 Å². The number of hydrogen-bond acceptors (Lipinski definition) is 3. The van der Waals surface area contributed by atoms with Crippen LogP contribution in [0.4, 0.5) is 4.39 Å². The molecule has 0 radical (unpaired) electrons. The average Bonchev–Trinajstić information content (AvgIpc) is 2.69. The third-order valence-electron chi connectivity index (χ3n) is 2.99. The molecule has 0 spiro atoms. The Balaban J connectivity index is 1.95. The number of aliphatic hydroxyl groups excluding tert-OH is 1. The van der Waals surface area contributed by atoms with Crippen LogP contribution in [0.2, 0.25) is 0 Å². The SMILES string of the molecule is O=C(CO)N[C@@H]1CC(=O)N(Cc2cccc(F)c2)C1. The summed E-state index contributed by atoms with van der Waals surface area (Å²) in [5.41, 5.74) is 0.711. The Labute approximate surface area is 110 Å². The molecule has 102 valence electrons. The number of nitrogens with one attached hydrogen (secondary N) is 1. The van der Waals surface area contributed by atoms with E-state index in [-0.39, 0.29) is 24.2 Å². The fraction of sp³-hybridized carbons (Fsp3) is 0.385. The summed E-state index contributed by atoms with van der Waals surface area (Å²) in [7, 11) is 0. The van der Waals surface area contributed by atoms with Crippen LogP contribution >= 0.6 is 0 Å². The zero-order valence-electron chi connectivity index (χ0n) is 10.3. The van der Waals surface area contributed by atoms with Crippen LogP contribution in [0.5, 0.6) is 0 Å². The van der Waals surface area contributed by atoms with Gasteiger partial charge in [0, 0.05) is 19.5 Å². The van der Waals surface area contributed by atoms with Gasteiger partial charge in [-0.3, -0.25) is 9.59 Å². The maximum absolute atomic E-state index is 13.0. The first kappa shape index (κ1) is 13.5. The van der Waals surface area contributed by atoms with Crippen molar-refractivity contribution < 1.29 is 19.1 Å². The van der Waals surface area contributed by atoms with Gasteiger partial charge < -0.3 is 15.3 Å². The number of likely N-dealkylation sites (tertiary alicyclic amines) is 1. The molecule has 1 aromatic rings. The summed E-state index contributed by atoms with van der Waals surface area (Å²) in [5, 5.41) is 11.2. The van der Waals surface area contributed by atoms with Gasteiger partial charge in [0.2, 0.25) is 11.8 Å². The lowest BCUT2D eigenvalue weighted by Crippen LogP contribution is -2.38. The maximum atomic E-state index is 13.0. The summed E-state index contributed by atoms with van der Waals surface area (Å²) >= 11 is 0. The van der Waals surface area contributed by atoms with E-state index in [9.17, 15) is 14.0 Å². The molecule has 0 aromatic heterocycles. The normalized spacial score (nSPS) is 18.7. The molecular formula is C13H15FN2O3. The van der Waals surface area contributed by atoms with Crippen molar-refractivity contribution in [1.82, 2.24) is 10.2 Å². The maximum Gasteiger partial charge on any atom is 0.245 e. The largest absolute Gasteiger partial charge is 0.387 e. The summed E-state index contributed by atoms with van der Waals surface area (Å²) in [6, 6.07) is 5.78. The standard InChI is InChI=1S/C13H15FN2O3/c14-10-3-1-2-9(4-10)6-16-7-11(5-13(16)19)15-12(18)8-17/h1-4,11,17H,5-8H2,(H,15,18)/t11-/m1/s1. The van der Waals surface area contributed by atoms with Crippen LogP contribution < -0.4 is 5.32 Å². The lowest BCUT2D eigenvalue weighted by Gasteiger charge is -2.17. The average molecular weight is 266 g/mol. The van der Waals surface area contributed by atoms with E-state index in [1.807, 2.05) is 0 Å². The number of nitrogens with zero attached hydrogens (tertiary/aromatic N) is 1. The molecule has 6 heteroatoms. The van der Waals surface area contributed by atoms with Crippen molar-refractivity contribution in [2.24, 2.45) is 0 Å². The molecule has 1 aliphatic rings. The smallest absolute Gasteiger partial charge is 0.245 e. The Morgan fingerprint density at radius 3 is 3.00 bits per heavy atom. The number of aliphatic hydroxyl groups is 1. The number of amides is 2. The highest BCUT2D eigenvalue weighted by Gasteiger charge is 2.30. The number of carbonyl (C=O) groups excluding carboxylic acids is 2. The van der Waals surface area contributed by atoms with Gasteiger partial charge in [-0.15, -0.1) is 0 Å². The second kappa shape index (κ2) is 5.79. The zero-order chi connectivity index (χ0) is 13.8. The van der Waals surface area contributed by atoms with Crippen LogP contribution in [-0.4, -0.2) is 41.0 Å². The summed E-state index contributed by atoms with van der Waals surface area (Å²) < 4.78 is 13.0. The van der Waals surface area contributed by atoms with Crippen molar-refractivity contribution in [3.63, 3.8) is 0 Å². The van der Waals surface area contributed by atoms with Gasteiger partial charge in [-0.1, -0.05) is 12.1 Å². The van der Waals surface area contributed by atoms with Crippen molar-refractivity contribution >= 4 is 11.8 Å². The van der Waals surface area contributed by atoms with Crippen molar-refractivity contribution in [3.8, 4) is 0 Å². The number of rotatable bonds is 4. The van der Waals surface area contributed by atoms with Crippen molar-refractivity contribution in [3.05, 3.63) is 35.6 Å². The van der Waals surface area contributed by atoms with Gasteiger partial charge in [-0.2, -0.15) is 0 Å². The summed E-state index contributed by atoms with van der Waals surface area (Å²) in [5.74, 6) is -0.924. The second-order valence-corrected chi connectivity index (χ2v) is 4.53. The summed E-state index contributed by atoms with van der Waals surface area (Å²) in [4.78, 5) is 24.4. The van der Waals surface area contributed by atoms with E-state index in [2.05, 4.69) is 5.32 Å². The van der Waals surface area contributed by atoms with Crippen LogP contribution in [0, 0.1) is 5.82 Å². The topological polar surface area (TPSA) is 69.6 Å². The predicted molar refractivity (Wildman–Crippen MR) is 65.5 cm³/mol. The van der Waals surface area contributed by atoms with Crippen LogP contribution in [-0.2, 0) is 16.1 Å². The highest BCUT2D eigenvalue weighted by atomic mass is 19.1. The molecule has 5 nitrogen and oxygen atoms in total. The van der Waals surface area contributed by atoms with Gasteiger partial charge in [0.25, 0.3) is 0 Å². The first-order valence-electron chi connectivity index (χ1n) is 6.01. The minimum Gasteiger partial charge on any atom is -0.387 e. The van der Waals surface area contributed by atoms with E-state index in [1.54, 1.807) is 17.0 Å². The quantitative estimate of drug-likeness (QED) is 0.808. The monoisotopic (exact) mass is 266 g/mol. The van der Waals surface area contributed by atoms with E-state index >= 15 is 0 Å². The van der Waals surface area contributed by atoms with Crippen molar-refractivity contribution in [2.75, 3.05) is 13.2 Å². The Kier molecular flexibility index (Phi) is 4.11. The first-order chi connectivity index (χ1) is 9.08. The third kappa shape index (κ3) is 3.51. The fourth-order valence-electron chi connectivity index (χ4n) is 2.15. The molecule has 2 amide bonds. The van der Waals surface area contributed by atoms with Crippen molar-refractivity contribution in [2.45, 2.75) is 19.0 Å². The van der Waals surface area contributed by atoms with Gasteiger partial charge >= 0.3 is 0 Å². The zero-order valence-corrected chi connectivity index (χ0v) is 10.3. The first-order valence-corrected chi connectivity index (χ1v) is 6.01. The molecule has 1 aromatic carbocycles. The van der Waals surface area contributed by atoms with E-state index in [4.69, 9.17) is 5.11 Å². The lowest BCUT2D eigenvalue weighted by atomic mass is 10.2. The molecule has 0 aliphatic carbocycles. The number of halogens is 1. The second-order valence-electron chi connectivity index (χ2n) is 4.53. The molecule has 1 saturated heterocycles. The number of hydrogen-bond donors (Lipinski definition) is 2. The molecule has 0 saturated carbocycles. The van der Waals surface area contributed by atoms with Gasteiger partial charge in [-0.05, 0) is 17.7 Å². The van der Waals surface area contributed by atoms with Crippen LogP contribution in [0.3, 0.4) is 0 Å². The molecule has 2 rings (SSSR count). The third-order valence-corrected chi connectivity index (χ3v) is 2.99. The van der Waals surface area contributed by atoms with Crippen LogP contribution in [0.1, 0.15) is 12.0 Å². The van der Waals surface area contributed by atoms with Gasteiger partial charge in [0.05, 0.1) is 6.04 Å². The summed E-state index contributed by atoms with van der Waals surface area (Å²) in [6.07, 6.45) is 0.209. The minimum atomic E-state index is -0.589.